The van der Waals surface area contributed by atoms with E-state index in [2.05, 4.69) is 10.4 Å². The Morgan fingerprint density at radius 3 is 3.12 bits per heavy atom. The molecule has 1 saturated heterocycles. The van der Waals surface area contributed by atoms with Crippen molar-refractivity contribution in [2.45, 2.75) is 18.6 Å². The molecule has 1 aliphatic heterocycles. The van der Waals surface area contributed by atoms with E-state index in [-0.39, 0.29) is 6.04 Å². The molecule has 1 N–H and O–H groups in total. The van der Waals surface area contributed by atoms with Gasteiger partial charge < -0.3 is 5.32 Å². The lowest BCUT2D eigenvalue weighted by atomic mass is 10.0. The molecule has 0 bridgehead atoms. The monoisotopic (exact) mass is 219 g/mol. The van der Waals surface area contributed by atoms with Crippen molar-refractivity contribution in [3.05, 3.63) is 30.5 Å². The minimum atomic E-state index is -0.850. The Labute approximate surface area is 93.3 Å². The van der Waals surface area contributed by atoms with Gasteiger partial charge in [-0.2, -0.15) is 5.10 Å². The van der Waals surface area contributed by atoms with E-state index in [0.29, 0.717) is 6.54 Å². The number of nitrogens with zero attached hydrogens (tertiary/aromatic N) is 2. The highest BCUT2D eigenvalue weighted by Crippen LogP contribution is 2.25. The van der Waals surface area contributed by atoms with Crippen LogP contribution in [0.3, 0.4) is 0 Å². The number of fused-ring (bicyclic) bond motifs is 1. The highest BCUT2D eigenvalue weighted by atomic mass is 19.1. The molecule has 0 aliphatic carbocycles. The van der Waals surface area contributed by atoms with Crippen LogP contribution >= 0.6 is 0 Å². The molecule has 3 nitrogen and oxygen atoms in total. The van der Waals surface area contributed by atoms with Crippen LogP contribution in [0.5, 0.6) is 0 Å². The molecule has 2 atom stereocenters. The van der Waals surface area contributed by atoms with E-state index in [9.17, 15) is 4.39 Å². The molecular weight excluding hydrogens is 205 g/mol. The number of hydrogen-bond donors (Lipinski definition) is 1. The number of piperidine rings is 1. The van der Waals surface area contributed by atoms with Crippen LogP contribution in [0.4, 0.5) is 4.39 Å². The Balaban J connectivity index is 2.04. The van der Waals surface area contributed by atoms with Crippen molar-refractivity contribution in [3.8, 4) is 0 Å². The van der Waals surface area contributed by atoms with Crippen molar-refractivity contribution in [1.82, 2.24) is 15.1 Å². The van der Waals surface area contributed by atoms with Crippen LogP contribution in [0.15, 0.2) is 30.5 Å². The number of benzene rings is 1. The summed E-state index contributed by atoms with van der Waals surface area (Å²) in [4.78, 5) is 0. The molecule has 1 aromatic heterocycles. The van der Waals surface area contributed by atoms with Crippen molar-refractivity contribution in [3.63, 3.8) is 0 Å². The average molecular weight is 219 g/mol. The maximum atomic E-state index is 13.8. The van der Waals surface area contributed by atoms with Gasteiger partial charge in [0.15, 0.2) is 0 Å². The fourth-order valence-corrected chi connectivity index (χ4v) is 2.34. The molecule has 0 saturated carbocycles. The van der Waals surface area contributed by atoms with Gasteiger partial charge in [-0.3, -0.25) is 4.68 Å². The van der Waals surface area contributed by atoms with Gasteiger partial charge in [0.05, 0.1) is 17.8 Å². The van der Waals surface area contributed by atoms with Crippen LogP contribution in [0.1, 0.15) is 12.5 Å². The van der Waals surface area contributed by atoms with E-state index in [1.807, 2.05) is 35.1 Å². The van der Waals surface area contributed by atoms with E-state index >= 15 is 0 Å². The van der Waals surface area contributed by atoms with Gasteiger partial charge in [0.2, 0.25) is 0 Å². The molecule has 1 aromatic carbocycles. The molecule has 2 unspecified atom stereocenters. The zero-order valence-corrected chi connectivity index (χ0v) is 8.94. The standard InChI is InChI=1S/C12H14FN3/c13-10-8-14-6-5-12(10)16-11-4-2-1-3-9(11)7-15-16/h1-4,7,10,12,14H,5-6,8H2. The third-order valence-corrected chi connectivity index (χ3v) is 3.19. The summed E-state index contributed by atoms with van der Waals surface area (Å²) >= 11 is 0. The lowest BCUT2D eigenvalue weighted by molar-refractivity contribution is 0.177. The predicted molar refractivity (Wildman–Crippen MR) is 61.2 cm³/mol. The van der Waals surface area contributed by atoms with Gasteiger partial charge in [-0.05, 0) is 19.0 Å². The third-order valence-electron chi connectivity index (χ3n) is 3.19. The summed E-state index contributed by atoms with van der Waals surface area (Å²) in [5.74, 6) is 0. The van der Waals surface area contributed by atoms with Gasteiger partial charge in [0.1, 0.15) is 6.17 Å². The number of rotatable bonds is 1. The van der Waals surface area contributed by atoms with Crippen LogP contribution in [0, 0.1) is 0 Å². The van der Waals surface area contributed by atoms with Crippen LogP contribution in [-0.2, 0) is 0 Å². The zero-order chi connectivity index (χ0) is 11.0. The first-order chi connectivity index (χ1) is 7.86. The number of hydrogen-bond acceptors (Lipinski definition) is 2. The fraction of sp³-hybridized carbons (Fsp3) is 0.417. The van der Waals surface area contributed by atoms with Crippen molar-refractivity contribution in [1.29, 1.82) is 0 Å². The molecule has 2 heterocycles. The van der Waals surface area contributed by atoms with Crippen LogP contribution in [0.2, 0.25) is 0 Å². The first-order valence-corrected chi connectivity index (χ1v) is 5.63. The number of alkyl halides is 1. The number of nitrogens with one attached hydrogen (secondary N) is 1. The average Bonchev–Trinajstić information content (AvgIpc) is 2.74. The second-order valence-corrected chi connectivity index (χ2v) is 4.22. The zero-order valence-electron chi connectivity index (χ0n) is 8.94. The van der Waals surface area contributed by atoms with E-state index in [4.69, 9.17) is 0 Å². The normalized spacial score (nSPS) is 26.1. The summed E-state index contributed by atoms with van der Waals surface area (Å²) in [7, 11) is 0. The molecule has 0 spiro atoms. The van der Waals surface area contributed by atoms with Crippen molar-refractivity contribution >= 4 is 10.9 Å². The molecule has 0 radical (unpaired) electrons. The number of halogens is 1. The van der Waals surface area contributed by atoms with Crippen molar-refractivity contribution < 1.29 is 4.39 Å². The second kappa shape index (κ2) is 3.87. The summed E-state index contributed by atoms with van der Waals surface area (Å²) in [5, 5.41) is 8.45. The molecule has 2 aromatic rings. The maximum Gasteiger partial charge on any atom is 0.135 e. The van der Waals surface area contributed by atoms with Gasteiger partial charge in [0.25, 0.3) is 0 Å². The molecule has 84 valence electrons. The first-order valence-electron chi connectivity index (χ1n) is 5.63. The Bertz CT molecular complexity index is 494. The molecule has 1 aliphatic rings. The lowest BCUT2D eigenvalue weighted by Gasteiger charge is -2.27. The molecule has 16 heavy (non-hydrogen) atoms. The SMILES string of the molecule is FC1CNCCC1n1ncc2ccccc21. The number of aromatic nitrogens is 2. The van der Waals surface area contributed by atoms with Crippen molar-refractivity contribution in [2.75, 3.05) is 13.1 Å². The third kappa shape index (κ3) is 1.50. The van der Waals surface area contributed by atoms with E-state index in [1.54, 1.807) is 0 Å². The highest BCUT2D eigenvalue weighted by Gasteiger charge is 2.27. The highest BCUT2D eigenvalue weighted by molar-refractivity contribution is 5.78. The minimum Gasteiger partial charge on any atom is -0.314 e. The van der Waals surface area contributed by atoms with Crippen LogP contribution in [0.25, 0.3) is 10.9 Å². The summed E-state index contributed by atoms with van der Waals surface area (Å²) in [6.45, 7) is 1.29. The second-order valence-electron chi connectivity index (χ2n) is 4.22. The lowest BCUT2D eigenvalue weighted by Crippen LogP contribution is -2.39. The van der Waals surface area contributed by atoms with Gasteiger partial charge in [-0.1, -0.05) is 18.2 Å². The Hall–Kier alpha value is -1.42. The quantitative estimate of drug-likeness (QED) is 0.794. The molecule has 3 rings (SSSR count). The Morgan fingerprint density at radius 2 is 2.25 bits per heavy atom. The van der Waals surface area contributed by atoms with Gasteiger partial charge >= 0.3 is 0 Å². The summed E-state index contributed by atoms with van der Waals surface area (Å²) in [6.07, 6.45) is 1.76. The topological polar surface area (TPSA) is 29.9 Å². The largest absolute Gasteiger partial charge is 0.314 e. The first kappa shape index (κ1) is 9.78. The number of para-hydroxylation sites is 1. The van der Waals surface area contributed by atoms with Crippen LogP contribution in [-0.4, -0.2) is 29.0 Å². The molecular formula is C12H14FN3. The fourth-order valence-electron chi connectivity index (χ4n) is 2.34. The van der Waals surface area contributed by atoms with Gasteiger partial charge in [-0.25, -0.2) is 4.39 Å². The Kier molecular flexibility index (Phi) is 2.36. The predicted octanol–water partition coefficient (Wildman–Crippen LogP) is 1.91. The van der Waals surface area contributed by atoms with E-state index in [1.165, 1.54) is 0 Å². The maximum absolute atomic E-state index is 13.8. The van der Waals surface area contributed by atoms with Crippen LogP contribution < -0.4 is 5.32 Å². The molecule has 1 fully saturated rings. The van der Waals surface area contributed by atoms with Crippen molar-refractivity contribution in [2.24, 2.45) is 0 Å². The van der Waals surface area contributed by atoms with Gasteiger partial charge in [0, 0.05) is 11.9 Å². The Morgan fingerprint density at radius 1 is 1.38 bits per heavy atom. The molecule has 4 heteroatoms. The van der Waals surface area contributed by atoms with Gasteiger partial charge in [-0.15, -0.1) is 0 Å². The smallest absolute Gasteiger partial charge is 0.135 e. The van der Waals surface area contributed by atoms with E-state index < -0.39 is 6.17 Å². The summed E-state index contributed by atoms with van der Waals surface area (Å²) in [6, 6.07) is 7.82. The summed E-state index contributed by atoms with van der Waals surface area (Å²) < 4.78 is 15.7. The summed E-state index contributed by atoms with van der Waals surface area (Å²) in [5.41, 5.74) is 1.03. The van der Waals surface area contributed by atoms with E-state index in [0.717, 1.165) is 23.9 Å². The minimum absolute atomic E-state index is 0.124. The molecule has 0 amide bonds.